The number of sulfonamides is 1. The summed E-state index contributed by atoms with van der Waals surface area (Å²) in [6, 6.07) is 4.72. The van der Waals surface area contributed by atoms with E-state index in [1.807, 2.05) is 0 Å². The van der Waals surface area contributed by atoms with Gasteiger partial charge >= 0.3 is 0 Å². The molecular weight excluding hydrogens is 238 g/mol. The zero-order valence-electron chi connectivity index (χ0n) is 9.82. The number of rotatable bonds is 3. The predicted molar refractivity (Wildman–Crippen MR) is 66.0 cm³/mol. The van der Waals surface area contributed by atoms with Crippen molar-refractivity contribution in [3.05, 3.63) is 29.3 Å². The Labute approximate surface area is 102 Å². The Morgan fingerprint density at radius 3 is 2.65 bits per heavy atom. The molecule has 0 fully saturated rings. The van der Waals surface area contributed by atoms with Crippen LogP contribution in [0.5, 0.6) is 0 Å². The third-order valence-corrected chi connectivity index (χ3v) is 3.69. The minimum atomic E-state index is -3.42. The minimum Gasteiger partial charge on any atom is -0.384 e. The van der Waals surface area contributed by atoms with Crippen LogP contribution in [-0.2, 0) is 10.0 Å². The molecule has 0 bridgehead atoms. The van der Waals surface area contributed by atoms with Crippen molar-refractivity contribution in [2.75, 3.05) is 13.2 Å². The van der Waals surface area contributed by atoms with Gasteiger partial charge in [-0.1, -0.05) is 18.8 Å². The number of hydrogen-bond acceptors (Lipinski definition) is 3. The smallest absolute Gasteiger partial charge is 0.240 e. The lowest BCUT2D eigenvalue weighted by atomic mass is 10.1. The predicted octanol–water partition coefficient (Wildman–Crippen LogP) is 0.637. The SMILES string of the molecule is CCNS(=O)(=O)c1ccc(C#CCO)c(C)c1. The van der Waals surface area contributed by atoms with Crippen molar-refractivity contribution in [2.45, 2.75) is 18.7 Å². The van der Waals surface area contributed by atoms with Crippen LogP contribution in [0, 0.1) is 18.8 Å². The highest BCUT2D eigenvalue weighted by Gasteiger charge is 2.12. The molecule has 4 nitrogen and oxygen atoms in total. The number of aliphatic hydroxyl groups excluding tert-OH is 1. The molecule has 0 heterocycles. The van der Waals surface area contributed by atoms with Crippen LogP contribution in [0.25, 0.3) is 0 Å². The molecule has 92 valence electrons. The summed E-state index contributed by atoms with van der Waals surface area (Å²) in [6.07, 6.45) is 0. The summed E-state index contributed by atoms with van der Waals surface area (Å²) in [6.45, 7) is 3.65. The van der Waals surface area contributed by atoms with E-state index < -0.39 is 10.0 Å². The summed E-state index contributed by atoms with van der Waals surface area (Å²) in [5.41, 5.74) is 1.49. The topological polar surface area (TPSA) is 66.4 Å². The molecule has 0 aliphatic heterocycles. The van der Waals surface area contributed by atoms with Gasteiger partial charge in [0.25, 0.3) is 0 Å². The van der Waals surface area contributed by atoms with Gasteiger partial charge in [-0.2, -0.15) is 0 Å². The lowest BCUT2D eigenvalue weighted by Crippen LogP contribution is -2.23. The van der Waals surface area contributed by atoms with Crippen molar-refractivity contribution < 1.29 is 13.5 Å². The molecule has 1 rings (SSSR count). The van der Waals surface area contributed by atoms with Crippen LogP contribution >= 0.6 is 0 Å². The Hall–Kier alpha value is -1.35. The first-order valence-electron chi connectivity index (χ1n) is 5.21. The van der Waals surface area contributed by atoms with E-state index in [0.717, 1.165) is 11.1 Å². The average molecular weight is 253 g/mol. The van der Waals surface area contributed by atoms with Crippen LogP contribution in [-0.4, -0.2) is 26.7 Å². The standard InChI is InChI=1S/C12H15NO3S/c1-3-13-17(15,16)12-7-6-11(5-4-8-14)10(2)9-12/h6-7,9,13-14H,3,8H2,1-2H3. The molecule has 17 heavy (non-hydrogen) atoms. The van der Waals surface area contributed by atoms with Gasteiger partial charge in [0.05, 0.1) is 4.90 Å². The Morgan fingerprint density at radius 2 is 2.12 bits per heavy atom. The van der Waals surface area contributed by atoms with E-state index in [2.05, 4.69) is 16.6 Å². The van der Waals surface area contributed by atoms with E-state index in [1.165, 1.54) is 6.07 Å². The monoisotopic (exact) mass is 253 g/mol. The molecule has 1 aromatic carbocycles. The second kappa shape index (κ2) is 5.82. The summed E-state index contributed by atoms with van der Waals surface area (Å²) in [4.78, 5) is 0.228. The Balaban J connectivity index is 3.13. The Morgan fingerprint density at radius 1 is 1.41 bits per heavy atom. The first-order chi connectivity index (χ1) is 8.01. The average Bonchev–Trinajstić information content (AvgIpc) is 2.27. The first kappa shape index (κ1) is 13.7. The minimum absolute atomic E-state index is 0.211. The van der Waals surface area contributed by atoms with Gasteiger partial charge in [-0.05, 0) is 30.7 Å². The molecule has 2 N–H and O–H groups in total. The quantitative estimate of drug-likeness (QED) is 0.777. The number of benzene rings is 1. The van der Waals surface area contributed by atoms with Crippen molar-refractivity contribution in [2.24, 2.45) is 0 Å². The molecular formula is C12H15NO3S. The molecule has 0 saturated carbocycles. The largest absolute Gasteiger partial charge is 0.384 e. The van der Waals surface area contributed by atoms with Crippen LogP contribution in [0.15, 0.2) is 23.1 Å². The van der Waals surface area contributed by atoms with Crippen molar-refractivity contribution in [1.29, 1.82) is 0 Å². The second-order valence-corrected chi connectivity index (χ2v) is 5.20. The van der Waals surface area contributed by atoms with Crippen molar-refractivity contribution in [1.82, 2.24) is 4.72 Å². The lowest BCUT2D eigenvalue weighted by molar-refractivity contribution is 0.350. The number of aliphatic hydroxyl groups is 1. The van der Waals surface area contributed by atoms with Crippen LogP contribution in [0.1, 0.15) is 18.1 Å². The van der Waals surface area contributed by atoms with E-state index in [0.29, 0.717) is 6.54 Å². The summed E-state index contributed by atoms with van der Waals surface area (Å²) in [5, 5.41) is 8.59. The van der Waals surface area contributed by atoms with Gasteiger partial charge in [0, 0.05) is 12.1 Å². The molecule has 0 amide bonds. The second-order valence-electron chi connectivity index (χ2n) is 3.44. The Kier molecular flexibility index (Phi) is 4.70. The van der Waals surface area contributed by atoms with Gasteiger partial charge in [0.15, 0.2) is 0 Å². The van der Waals surface area contributed by atoms with Crippen molar-refractivity contribution in [3.8, 4) is 11.8 Å². The summed E-state index contributed by atoms with van der Waals surface area (Å²) < 4.78 is 25.9. The molecule has 0 spiro atoms. The summed E-state index contributed by atoms with van der Waals surface area (Å²) >= 11 is 0. The van der Waals surface area contributed by atoms with Gasteiger partial charge in [0.2, 0.25) is 10.0 Å². The van der Waals surface area contributed by atoms with Gasteiger partial charge in [0.1, 0.15) is 6.61 Å². The third kappa shape index (κ3) is 3.56. The fraction of sp³-hybridized carbons (Fsp3) is 0.333. The highest BCUT2D eigenvalue weighted by Crippen LogP contribution is 2.14. The van der Waals surface area contributed by atoms with Gasteiger partial charge < -0.3 is 5.11 Å². The van der Waals surface area contributed by atoms with E-state index in [-0.39, 0.29) is 11.5 Å². The number of hydrogen-bond donors (Lipinski definition) is 2. The molecule has 0 unspecified atom stereocenters. The molecule has 0 radical (unpaired) electrons. The van der Waals surface area contributed by atoms with Gasteiger partial charge in [-0.15, -0.1) is 0 Å². The van der Waals surface area contributed by atoms with Gasteiger partial charge in [-0.25, -0.2) is 13.1 Å². The molecule has 0 aliphatic carbocycles. The molecule has 0 atom stereocenters. The fourth-order valence-corrected chi connectivity index (χ4v) is 2.48. The lowest BCUT2D eigenvalue weighted by Gasteiger charge is -2.06. The highest BCUT2D eigenvalue weighted by atomic mass is 32.2. The third-order valence-electron chi connectivity index (χ3n) is 2.14. The van der Waals surface area contributed by atoms with E-state index >= 15 is 0 Å². The van der Waals surface area contributed by atoms with E-state index in [9.17, 15) is 8.42 Å². The molecule has 1 aromatic rings. The maximum absolute atomic E-state index is 11.7. The molecule has 0 aliphatic rings. The zero-order chi connectivity index (χ0) is 12.9. The molecule has 5 heteroatoms. The van der Waals surface area contributed by atoms with Crippen molar-refractivity contribution >= 4 is 10.0 Å². The number of aryl methyl sites for hydroxylation is 1. The van der Waals surface area contributed by atoms with Crippen molar-refractivity contribution in [3.63, 3.8) is 0 Å². The van der Waals surface area contributed by atoms with E-state index in [1.54, 1.807) is 26.0 Å². The van der Waals surface area contributed by atoms with Crippen LogP contribution in [0.2, 0.25) is 0 Å². The zero-order valence-corrected chi connectivity index (χ0v) is 10.6. The van der Waals surface area contributed by atoms with Crippen LogP contribution in [0.3, 0.4) is 0 Å². The normalized spacial score (nSPS) is 10.8. The van der Waals surface area contributed by atoms with E-state index in [4.69, 9.17) is 5.11 Å². The summed E-state index contributed by atoms with van der Waals surface area (Å²) in [7, 11) is -3.42. The first-order valence-corrected chi connectivity index (χ1v) is 6.69. The maximum atomic E-state index is 11.7. The fourth-order valence-electron chi connectivity index (χ4n) is 1.35. The van der Waals surface area contributed by atoms with Gasteiger partial charge in [-0.3, -0.25) is 0 Å². The highest BCUT2D eigenvalue weighted by molar-refractivity contribution is 7.89. The number of nitrogens with one attached hydrogen (secondary N) is 1. The van der Waals surface area contributed by atoms with Crippen LogP contribution in [0.4, 0.5) is 0 Å². The molecule has 0 saturated heterocycles. The summed E-state index contributed by atoms with van der Waals surface area (Å²) in [5.74, 6) is 5.29. The van der Waals surface area contributed by atoms with Crippen LogP contribution < -0.4 is 4.72 Å². The Bertz CT molecular complexity index is 553. The maximum Gasteiger partial charge on any atom is 0.240 e. The molecule has 0 aromatic heterocycles.